The summed E-state index contributed by atoms with van der Waals surface area (Å²) in [4.78, 5) is 11.9. The molecule has 0 aliphatic carbocycles. The Hall–Kier alpha value is -1.56. The number of carbonyl (C=O) groups is 1. The Morgan fingerprint density at radius 1 is 1.33 bits per heavy atom. The van der Waals surface area contributed by atoms with Gasteiger partial charge in [-0.25, -0.2) is 0 Å². The zero-order valence-corrected chi connectivity index (χ0v) is 12.2. The first kappa shape index (κ1) is 17.5. The molecule has 0 spiro atoms. The predicted molar refractivity (Wildman–Crippen MR) is 76.9 cm³/mol. The molecule has 1 rings (SSSR count). The van der Waals surface area contributed by atoms with Crippen molar-refractivity contribution in [3.8, 4) is 0 Å². The number of nitrogens with two attached hydrogens (primary N) is 1. The van der Waals surface area contributed by atoms with Crippen LogP contribution in [0.3, 0.4) is 0 Å². The van der Waals surface area contributed by atoms with Crippen molar-refractivity contribution in [3.05, 3.63) is 29.8 Å². The van der Waals surface area contributed by atoms with E-state index in [0.717, 1.165) is 0 Å². The summed E-state index contributed by atoms with van der Waals surface area (Å²) in [6.45, 7) is 3.93. The Morgan fingerprint density at radius 2 is 2.00 bits per heavy atom. The molecule has 3 N–H and O–H groups in total. The van der Waals surface area contributed by atoms with Gasteiger partial charge in [0.15, 0.2) is 0 Å². The van der Waals surface area contributed by atoms with Gasteiger partial charge in [-0.3, -0.25) is 4.79 Å². The third-order valence-corrected chi connectivity index (χ3v) is 2.95. The van der Waals surface area contributed by atoms with E-state index in [0.29, 0.717) is 23.6 Å². The standard InChI is InChI=1S/C15H21F3N2O/c1-10(2)8-13(19)14(21)20-12-5-3-4-11(9-12)6-7-15(16,17)18/h3-5,9-10,13H,6-8,19H2,1-2H3,(H,20,21)/t13-/m0/s1. The largest absolute Gasteiger partial charge is 0.389 e. The molecule has 21 heavy (non-hydrogen) atoms. The molecule has 1 atom stereocenters. The molecular formula is C15H21F3N2O. The molecule has 0 fully saturated rings. The number of hydrogen-bond donors (Lipinski definition) is 2. The summed E-state index contributed by atoms with van der Waals surface area (Å²) in [7, 11) is 0. The summed E-state index contributed by atoms with van der Waals surface area (Å²) < 4.78 is 36.6. The smallest absolute Gasteiger partial charge is 0.325 e. The summed E-state index contributed by atoms with van der Waals surface area (Å²) >= 11 is 0. The number of anilines is 1. The zero-order chi connectivity index (χ0) is 16.0. The van der Waals surface area contributed by atoms with Crippen LogP contribution in [0.15, 0.2) is 24.3 Å². The van der Waals surface area contributed by atoms with Gasteiger partial charge in [0.25, 0.3) is 0 Å². The molecular weight excluding hydrogens is 281 g/mol. The van der Waals surface area contributed by atoms with Crippen LogP contribution in [0.25, 0.3) is 0 Å². The molecule has 0 unspecified atom stereocenters. The molecule has 1 aromatic carbocycles. The lowest BCUT2D eigenvalue weighted by atomic mass is 10.0. The van der Waals surface area contributed by atoms with Crippen LogP contribution in [0.2, 0.25) is 0 Å². The summed E-state index contributed by atoms with van der Waals surface area (Å²) in [5, 5.41) is 2.64. The van der Waals surface area contributed by atoms with Crippen molar-refractivity contribution < 1.29 is 18.0 Å². The zero-order valence-electron chi connectivity index (χ0n) is 12.2. The minimum Gasteiger partial charge on any atom is -0.325 e. The molecule has 6 heteroatoms. The fourth-order valence-electron chi connectivity index (χ4n) is 1.94. The topological polar surface area (TPSA) is 55.1 Å². The highest BCUT2D eigenvalue weighted by atomic mass is 19.4. The average molecular weight is 302 g/mol. The normalized spacial score (nSPS) is 13.3. The molecule has 0 radical (unpaired) electrons. The molecule has 0 heterocycles. The number of hydrogen-bond acceptors (Lipinski definition) is 2. The molecule has 0 saturated carbocycles. The first-order valence-corrected chi connectivity index (χ1v) is 6.89. The van der Waals surface area contributed by atoms with Crippen molar-refractivity contribution in [2.45, 2.75) is 45.3 Å². The maximum atomic E-state index is 12.2. The highest BCUT2D eigenvalue weighted by Gasteiger charge is 2.26. The first-order valence-electron chi connectivity index (χ1n) is 6.89. The number of benzene rings is 1. The van der Waals surface area contributed by atoms with Gasteiger partial charge in [0, 0.05) is 12.1 Å². The summed E-state index contributed by atoms with van der Waals surface area (Å²) in [6.07, 6.45) is -4.61. The van der Waals surface area contributed by atoms with E-state index in [-0.39, 0.29) is 12.3 Å². The van der Waals surface area contributed by atoms with Gasteiger partial charge in [-0.15, -0.1) is 0 Å². The number of rotatable bonds is 6. The van der Waals surface area contributed by atoms with Crippen LogP contribution in [0.1, 0.15) is 32.3 Å². The fourth-order valence-corrected chi connectivity index (χ4v) is 1.94. The Morgan fingerprint density at radius 3 is 2.57 bits per heavy atom. The van der Waals surface area contributed by atoms with Gasteiger partial charge in [-0.05, 0) is 36.5 Å². The highest BCUT2D eigenvalue weighted by Crippen LogP contribution is 2.23. The number of alkyl halides is 3. The van der Waals surface area contributed by atoms with Gasteiger partial charge in [0.1, 0.15) is 0 Å². The number of carbonyl (C=O) groups excluding carboxylic acids is 1. The van der Waals surface area contributed by atoms with Crippen LogP contribution in [-0.2, 0) is 11.2 Å². The van der Waals surface area contributed by atoms with Crippen LogP contribution < -0.4 is 11.1 Å². The third kappa shape index (κ3) is 7.13. The molecule has 0 aliphatic heterocycles. The van der Waals surface area contributed by atoms with E-state index < -0.39 is 18.6 Å². The molecule has 1 aromatic rings. The van der Waals surface area contributed by atoms with Gasteiger partial charge in [0.2, 0.25) is 5.91 Å². The van der Waals surface area contributed by atoms with Crippen molar-refractivity contribution in [2.75, 3.05) is 5.32 Å². The Balaban J connectivity index is 2.62. The second kappa shape index (κ2) is 7.45. The second-order valence-electron chi connectivity index (χ2n) is 5.54. The molecule has 3 nitrogen and oxygen atoms in total. The molecule has 0 aromatic heterocycles. The molecule has 1 amide bonds. The first-order chi connectivity index (χ1) is 9.67. The van der Waals surface area contributed by atoms with Crippen molar-refractivity contribution in [1.29, 1.82) is 0 Å². The highest BCUT2D eigenvalue weighted by molar-refractivity contribution is 5.94. The number of aryl methyl sites for hydroxylation is 1. The lowest BCUT2D eigenvalue weighted by Gasteiger charge is -2.14. The molecule has 0 aliphatic rings. The number of halogens is 3. The minimum absolute atomic E-state index is 0.106. The van der Waals surface area contributed by atoms with Crippen LogP contribution in [0, 0.1) is 5.92 Å². The van der Waals surface area contributed by atoms with Crippen molar-refractivity contribution in [1.82, 2.24) is 0 Å². The molecule has 0 saturated heterocycles. The van der Waals surface area contributed by atoms with E-state index >= 15 is 0 Å². The Kier molecular flexibility index (Phi) is 6.20. The summed E-state index contributed by atoms with van der Waals surface area (Å²) in [6, 6.07) is 5.79. The van der Waals surface area contributed by atoms with Crippen molar-refractivity contribution in [3.63, 3.8) is 0 Å². The van der Waals surface area contributed by atoms with Gasteiger partial charge >= 0.3 is 6.18 Å². The maximum absolute atomic E-state index is 12.2. The van der Waals surface area contributed by atoms with E-state index in [2.05, 4.69) is 5.32 Å². The average Bonchev–Trinajstić information content (AvgIpc) is 2.35. The van der Waals surface area contributed by atoms with Crippen molar-refractivity contribution in [2.24, 2.45) is 11.7 Å². The third-order valence-electron chi connectivity index (χ3n) is 2.95. The molecule has 118 valence electrons. The lowest BCUT2D eigenvalue weighted by Crippen LogP contribution is -2.36. The summed E-state index contributed by atoms with van der Waals surface area (Å²) in [5.74, 6) is -0.0273. The number of nitrogens with one attached hydrogen (secondary N) is 1. The fraction of sp³-hybridized carbons (Fsp3) is 0.533. The van der Waals surface area contributed by atoms with Crippen molar-refractivity contribution >= 4 is 11.6 Å². The van der Waals surface area contributed by atoms with Crippen LogP contribution in [-0.4, -0.2) is 18.1 Å². The quantitative estimate of drug-likeness (QED) is 0.845. The molecule has 0 bridgehead atoms. The maximum Gasteiger partial charge on any atom is 0.389 e. The van der Waals surface area contributed by atoms with Gasteiger partial charge in [0.05, 0.1) is 6.04 Å². The predicted octanol–water partition coefficient (Wildman–Crippen LogP) is 3.49. The monoisotopic (exact) mass is 302 g/mol. The van der Waals surface area contributed by atoms with Crippen LogP contribution >= 0.6 is 0 Å². The summed E-state index contributed by atoms with van der Waals surface area (Å²) in [5.41, 5.74) is 6.76. The Labute approximate surface area is 122 Å². The van der Waals surface area contributed by atoms with Gasteiger partial charge in [-0.1, -0.05) is 26.0 Å². The number of amides is 1. The van der Waals surface area contributed by atoms with E-state index in [1.54, 1.807) is 24.3 Å². The minimum atomic E-state index is -4.18. The van der Waals surface area contributed by atoms with Gasteiger partial charge in [-0.2, -0.15) is 13.2 Å². The van der Waals surface area contributed by atoms with Crippen LogP contribution in [0.4, 0.5) is 18.9 Å². The van der Waals surface area contributed by atoms with E-state index in [4.69, 9.17) is 5.73 Å². The lowest BCUT2D eigenvalue weighted by molar-refractivity contribution is -0.134. The van der Waals surface area contributed by atoms with E-state index in [1.165, 1.54) is 0 Å². The van der Waals surface area contributed by atoms with E-state index in [1.807, 2.05) is 13.8 Å². The van der Waals surface area contributed by atoms with Crippen LogP contribution in [0.5, 0.6) is 0 Å². The van der Waals surface area contributed by atoms with E-state index in [9.17, 15) is 18.0 Å². The SMILES string of the molecule is CC(C)C[C@H](N)C(=O)Nc1cccc(CCC(F)(F)F)c1. The van der Waals surface area contributed by atoms with Gasteiger partial charge < -0.3 is 11.1 Å². The second-order valence-corrected chi connectivity index (χ2v) is 5.54. The Bertz CT molecular complexity index is 472.